The van der Waals surface area contributed by atoms with Crippen molar-refractivity contribution in [1.29, 1.82) is 0 Å². The summed E-state index contributed by atoms with van der Waals surface area (Å²) in [6.45, 7) is 0. The van der Waals surface area contributed by atoms with Gasteiger partial charge in [0, 0.05) is 4.53 Å². The molecule has 1 aromatic rings. The van der Waals surface area contributed by atoms with Crippen molar-refractivity contribution in [1.82, 2.24) is 0 Å². The predicted molar refractivity (Wildman–Crippen MR) is 55.2 cm³/mol. The number of aromatic carboxylic acids is 1. The third-order valence-corrected chi connectivity index (χ3v) is 1.90. The number of hydrogen-bond donors (Lipinski definition) is 4. The summed E-state index contributed by atoms with van der Waals surface area (Å²) in [5, 5.41) is 30.1. The van der Waals surface area contributed by atoms with E-state index in [1.807, 2.05) is 0 Å². The summed E-state index contributed by atoms with van der Waals surface area (Å²) in [4.78, 5) is 13.9. The molecule has 0 aliphatic rings. The minimum Gasteiger partial charge on any atom is -0.478 e. The molecule has 0 spiro atoms. The van der Waals surface area contributed by atoms with Gasteiger partial charge < -0.3 is 20.2 Å². The van der Waals surface area contributed by atoms with Crippen molar-refractivity contribution in [3.8, 4) is 5.75 Å². The average molecular weight is 297 g/mol. The Morgan fingerprint density at radius 1 is 1.38 bits per heavy atom. The van der Waals surface area contributed by atoms with Crippen molar-refractivity contribution in [3.63, 3.8) is 0 Å². The van der Waals surface area contributed by atoms with Crippen molar-refractivity contribution in [2.24, 2.45) is 0 Å². The van der Waals surface area contributed by atoms with Crippen LogP contribution in [0.5, 0.6) is 5.75 Å². The summed E-state index contributed by atoms with van der Waals surface area (Å²) in [6.07, 6.45) is 0. The Morgan fingerprint density at radius 2 is 1.88 bits per heavy atom. The molecule has 0 bridgehead atoms. The Morgan fingerprint density at radius 3 is 2.19 bits per heavy atom. The third kappa shape index (κ3) is 5.07. The van der Waals surface area contributed by atoms with Gasteiger partial charge in [0.15, 0.2) is 0 Å². The van der Waals surface area contributed by atoms with Crippen LogP contribution in [0, 0.1) is 0 Å². The van der Waals surface area contributed by atoms with Crippen molar-refractivity contribution in [3.05, 3.63) is 28.2 Å². The van der Waals surface area contributed by atoms with E-state index in [1.165, 1.54) is 18.2 Å². The van der Waals surface area contributed by atoms with E-state index in [2.05, 4.69) is 20.9 Å². The highest BCUT2D eigenvalue weighted by Crippen LogP contribution is 2.29. The first-order chi connectivity index (χ1) is 7.40. The van der Waals surface area contributed by atoms with Crippen LogP contribution in [-0.2, 0) is 0 Å². The first-order valence-electron chi connectivity index (χ1n) is 3.74. The lowest BCUT2D eigenvalue weighted by atomic mass is 10.2. The molecule has 16 heavy (non-hydrogen) atoms. The molecule has 0 radical (unpaired) electrons. The normalized spacial score (nSPS) is 8.81. The van der Waals surface area contributed by atoms with Gasteiger partial charge in [-0.05, 0) is 28.1 Å². The monoisotopic (exact) mass is 296 g/mol. The van der Waals surface area contributed by atoms with E-state index < -0.39 is 13.3 Å². The van der Waals surface area contributed by atoms with Gasteiger partial charge in [-0.1, -0.05) is 6.07 Å². The molecule has 0 fully saturated rings. The Balaban J connectivity index is 0.000000487. The summed E-state index contributed by atoms with van der Waals surface area (Å²) in [6, 6.07) is 4.22. The molecule has 6 nitrogen and oxygen atoms in total. The summed E-state index contributed by atoms with van der Waals surface area (Å²) in [5.41, 5.74) is -0.216. The Kier molecular flexibility index (Phi) is 6.66. The topological polar surface area (TPSA) is 107 Å². The van der Waals surface area contributed by atoms with Crippen LogP contribution in [0.1, 0.15) is 10.4 Å². The average Bonchev–Trinajstić information content (AvgIpc) is 2.16. The second kappa shape index (κ2) is 7.17. The molecule has 0 atom stereocenters. The van der Waals surface area contributed by atoms with Crippen LogP contribution in [0.25, 0.3) is 0 Å². The molecule has 0 unspecified atom stereocenters. The molecule has 0 aliphatic heterocycles. The smallest absolute Gasteiger partial charge is 0.478 e. The first-order valence-corrected chi connectivity index (χ1v) is 4.54. The predicted octanol–water partition coefficient (Wildman–Crippen LogP) is 0.359. The second-order valence-corrected chi connectivity index (χ2v) is 3.20. The maximum Gasteiger partial charge on any atom is 0.631 e. The van der Waals surface area contributed by atoms with E-state index in [-0.39, 0.29) is 15.8 Å². The summed E-state index contributed by atoms with van der Waals surface area (Å²) < 4.78 is 12.1. The number of hydrogen-bond acceptors (Lipinski definition) is 5. The van der Waals surface area contributed by atoms with Crippen LogP contribution >= 0.6 is 15.9 Å². The molecule has 4 N–H and O–H groups in total. The van der Waals surface area contributed by atoms with E-state index >= 15 is 0 Å². The molecule has 0 saturated heterocycles. The SMILES string of the molecule is O=C(O)c1cccc(Br)c1OF.OB(O)O. The van der Waals surface area contributed by atoms with Crippen LogP contribution in [0.2, 0.25) is 0 Å². The summed E-state index contributed by atoms with van der Waals surface area (Å²) in [5.74, 6) is -1.55. The standard InChI is InChI=1S/C7H4BrFO3.BH3O3/c8-5-3-1-2-4(7(10)11)6(5)12-9;2-1(3)4/h1-3H,(H,10,11);2-4H. The Labute approximate surface area is 98.1 Å². The van der Waals surface area contributed by atoms with E-state index in [4.69, 9.17) is 20.2 Å². The molecule has 9 heteroatoms. The zero-order chi connectivity index (χ0) is 12.7. The fourth-order valence-corrected chi connectivity index (χ4v) is 1.18. The number of carbonyl (C=O) groups is 1. The lowest BCUT2D eigenvalue weighted by Gasteiger charge is -2.01. The third-order valence-electron chi connectivity index (χ3n) is 1.27. The minimum absolute atomic E-state index is 0.216. The van der Waals surface area contributed by atoms with Crippen molar-refractivity contribution < 1.29 is 34.4 Å². The molecule has 0 amide bonds. The van der Waals surface area contributed by atoms with Crippen molar-refractivity contribution >= 4 is 29.2 Å². The van der Waals surface area contributed by atoms with Crippen molar-refractivity contribution in [2.75, 3.05) is 0 Å². The number of para-hydroxylation sites is 1. The fraction of sp³-hybridized carbons (Fsp3) is 0. The summed E-state index contributed by atoms with van der Waals surface area (Å²) in [7, 11) is -2.17. The molecular formula is C7H7BBrFO6. The molecule has 1 rings (SSSR count). The van der Waals surface area contributed by atoms with E-state index in [0.717, 1.165) is 0 Å². The highest BCUT2D eigenvalue weighted by atomic mass is 79.9. The van der Waals surface area contributed by atoms with Gasteiger partial charge in [-0.15, -0.1) is 0 Å². The molecular weight excluding hydrogens is 290 g/mol. The molecule has 0 heterocycles. The number of rotatable bonds is 2. The number of carboxylic acid groups (broad SMARTS) is 1. The highest BCUT2D eigenvalue weighted by Gasteiger charge is 2.14. The van der Waals surface area contributed by atoms with Crippen LogP contribution in [0.4, 0.5) is 4.53 Å². The largest absolute Gasteiger partial charge is 0.631 e. The van der Waals surface area contributed by atoms with E-state index in [0.29, 0.717) is 0 Å². The van der Waals surface area contributed by atoms with Crippen LogP contribution in [0.3, 0.4) is 0 Å². The van der Waals surface area contributed by atoms with Crippen LogP contribution in [0.15, 0.2) is 22.7 Å². The van der Waals surface area contributed by atoms with Gasteiger partial charge in [-0.2, -0.15) is 0 Å². The molecule has 88 valence electrons. The maximum atomic E-state index is 11.8. The Hall–Kier alpha value is -1.16. The van der Waals surface area contributed by atoms with Crippen LogP contribution < -0.4 is 4.94 Å². The fourth-order valence-electron chi connectivity index (χ4n) is 0.756. The quantitative estimate of drug-likeness (QED) is 0.587. The van der Waals surface area contributed by atoms with Gasteiger partial charge in [-0.25, -0.2) is 4.79 Å². The van der Waals surface area contributed by atoms with Crippen molar-refractivity contribution in [2.45, 2.75) is 0 Å². The van der Waals surface area contributed by atoms with E-state index in [9.17, 15) is 9.32 Å². The summed E-state index contributed by atoms with van der Waals surface area (Å²) >= 11 is 2.95. The lowest BCUT2D eigenvalue weighted by Crippen LogP contribution is -2.07. The highest BCUT2D eigenvalue weighted by molar-refractivity contribution is 9.10. The minimum atomic E-state index is -2.17. The Bertz CT molecular complexity index is 358. The van der Waals surface area contributed by atoms with Gasteiger partial charge in [-0.3, -0.25) is 4.94 Å². The second-order valence-electron chi connectivity index (χ2n) is 2.35. The molecule has 0 aliphatic carbocycles. The van der Waals surface area contributed by atoms with Gasteiger partial charge >= 0.3 is 13.3 Å². The zero-order valence-electron chi connectivity index (χ0n) is 7.67. The zero-order valence-corrected chi connectivity index (χ0v) is 9.26. The number of halogens is 2. The van der Waals surface area contributed by atoms with Gasteiger partial charge in [0.25, 0.3) is 0 Å². The molecule has 1 aromatic carbocycles. The van der Waals surface area contributed by atoms with Crippen LogP contribution in [-0.4, -0.2) is 33.5 Å². The maximum absolute atomic E-state index is 11.8. The number of benzene rings is 1. The van der Waals surface area contributed by atoms with Gasteiger partial charge in [0.2, 0.25) is 5.75 Å². The molecule has 0 saturated carbocycles. The molecule has 0 aromatic heterocycles. The van der Waals surface area contributed by atoms with E-state index in [1.54, 1.807) is 0 Å². The van der Waals surface area contributed by atoms with Gasteiger partial charge in [0.05, 0.1) is 4.47 Å². The lowest BCUT2D eigenvalue weighted by molar-refractivity contribution is -0.00875. The number of carboxylic acids is 1. The first kappa shape index (κ1) is 14.8. The van der Waals surface area contributed by atoms with Gasteiger partial charge in [0.1, 0.15) is 5.56 Å².